The van der Waals surface area contributed by atoms with Crippen LogP contribution in [0.5, 0.6) is 0 Å². The van der Waals surface area contributed by atoms with E-state index in [0.29, 0.717) is 0 Å². The first-order valence-corrected chi connectivity index (χ1v) is 6.66. The van der Waals surface area contributed by atoms with Crippen LogP contribution in [0.1, 0.15) is 52.4 Å². The third-order valence-corrected chi connectivity index (χ3v) is 3.32. The van der Waals surface area contributed by atoms with E-state index in [2.05, 4.69) is 18.7 Å². The fourth-order valence-corrected chi connectivity index (χ4v) is 2.21. The van der Waals surface area contributed by atoms with Gasteiger partial charge < -0.3 is 9.64 Å². The summed E-state index contributed by atoms with van der Waals surface area (Å²) < 4.78 is 5.57. The summed E-state index contributed by atoms with van der Waals surface area (Å²) in [5, 5.41) is 0. The SMILES string of the molecule is CCCCOCCCN1CCCCC1C. The summed E-state index contributed by atoms with van der Waals surface area (Å²) in [6.07, 6.45) is 7.85. The molecule has 1 aliphatic rings. The highest BCUT2D eigenvalue weighted by molar-refractivity contribution is 4.72. The number of likely N-dealkylation sites (tertiary alicyclic amines) is 1. The molecule has 1 unspecified atom stereocenters. The van der Waals surface area contributed by atoms with Crippen molar-refractivity contribution >= 4 is 0 Å². The van der Waals surface area contributed by atoms with Crippen molar-refractivity contribution in [2.75, 3.05) is 26.3 Å². The van der Waals surface area contributed by atoms with Crippen LogP contribution in [0.4, 0.5) is 0 Å². The van der Waals surface area contributed by atoms with Gasteiger partial charge in [-0.25, -0.2) is 0 Å². The van der Waals surface area contributed by atoms with E-state index in [0.717, 1.165) is 19.3 Å². The molecule has 0 spiro atoms. The van der Waals surface area contributed by atoms with Gasteiger partial charge in [-0.1, -0.05) is 19.8 Å². The van der Waals surface area contributed by atoms with E-state index in [4.69, 9.17) is 4.74 Å². The molecule has 2 nitrogen and oxygen atoms in total. The van der Waals surface area contributed by atoms with Crippen LogP contribution in [0.2, 0.25) is 0 Å². The van der Waals surface area contributed by atoms with Crippen LogP contribution in [0.25, 0.3) is 0 Å². The number of hydrogen-bond acceptors (Lipinski definition) is 2. The Bertz CT molecular complexity index is 149. The maximum atomic E-state index is 5.57. The average Bonchev–Trinajstić information content (AvgIpc) is 2.25. The van der Waals surface area contributed by atoms with Crippen LogP contribution < -0.4 is 0 Å². The van der Waals surface area contributed by atoms with Gasteiger partial charge in [-0.3, -0.25) is 0 Å². The maximum absolute atomic E-state index is 5.57. The molecule has 1 saturated heterocycles. The Hall–Kier alpha value is -0.0800. The highest BCUT2D eigenvalue weighted by Crippen LogP contribution is 2.16. The highest BCUT2D eigenvalue weighted by atomic mass is 16.5. The molecule has 0 bridgehead atoms. The molecule has 0 aromatic rings. The van der Waals surface area contributed by atoms with Gasteiger partial charge in [-0.05, 0) is 39.2 Å². The maximum Gasteiger partial charge on any atom is 0.0478 e. The lowest BCUT2D eigenvalue weighted by Crippen LogP contribution is -2.38. The smallest absolute Gasteiger partial charge is 0.0478 e. The number of hydrogen-bond donors (Lipinski definition) is 0. The zero-order valence-corrected chi connectivity index (χ0v) is 10.5. The number of rotatable bonds is 7. The van der Waals surface area contributed by atoms with Gasteiger partial charge in [0.05, 0.1) is 0 Å². The Balaban J connectivity index is 1.94. The summed E-state index contributed by atoms with van der Waals surface area (Å²) in [6, 6.07) is 0.800. The fourth-order valence-electron chi connectivity index (χ4n) is 2.21. The average molecular weight is 213 g/mol. The van der Waals surface area contributed by atoms with Crippen molar-refractivity contribution in [2.45, 2.75) is 58.4 Å². The molecule has 0 N–H and O–H groups in total. The van der Waals surface area contributed by atoms with E-state index in [-0.39, 0.29) is 0 Å². The molecule has 15 heavy (non-hydrogen) atoms. The van der Waals surface area contributed by atoms with E-state index in [1.165, 1.54) is 51.6 Å². The van der Waals surface area contributed by atoms with Gasteiger partial charge in [0.15, 0.2) is 0 Å². The standard InChI is InChI=1S/C13H27NO/c1-3-4-11-15-12-7-10-14-9-6-5-8-13(14)2/h13H,3-12H2,1-2H3. The Labute approximate surface area is 95.0 Å². The van der Waals surface area contributed by atoms with E-state index in [9.17, 15) is 0 Å². The molecular formula is C13H27NO. The molecule has 1 fully saturated rings. The van der Waals surface area contributed by atoms with Crippen molar-refractivity contribution in [3.8, 4) is 0 Å². The molecule has 1 rings (SSSR count). The fraction of sp³-hybridized carbons (Fsp3) is 1.00. The van der Waals surface area contributed by atoms with E-state index in [1.54, 1.807) is 0 Å². The summed E-state index contributed by atoms with van der Waals surface area (Å²) in [5.74, 6) is 0. The largest absolute Gasteiger partial charge is 0.381 e. The monoisotopic (exact) mass is 213 g/mol. The van der Waals surface area contributed by atoms with Gasteiger partial charge >= 0.3 is 0 Å². The van der Waals surface area contributed by atoms with Crippen molar-refractivity contribution in [2.24, 2.45) is 0 Å². The number of piperidine rings is 1. The highest BCUT2D eigenvalue weighted by Gasteiger charge is 2.16. The summed E-state index contributed by atoms with van der Waals surface area (Å²) in [7, 11) is 0. The molecule has 0 aliphatic carbocycles. The first-order chi connectivity index (χ1) is 7.34. The predicted octanol–water partition coefficient (Wildman–Crippen LogP) is 3.07. The molecule has 1 heterocycles. The molecule has 0 radical (unpaired) electrons. The van der Waals surface area contributed by atoms with Crippen LogP contribution in [-0.4, -0.2) is 37.2 Å². The van der Waals surface area contributed by atoms with Crippen LogP contribution in [-0.2, 0) is 4.74 Å². The van der Waals surface area contributed by atoms with Gasteiger partial charge in [-0.15, -0.1) is 0 Å². The van der Waals surface area contributed by atoms with E-state index < -0.39 is 0 Å². The summed E-state index contributed by atoms with van der Waals surface area (Å²) in [6.45, 7) is 8.99. The molecule has 2 heteroatoms. The van der Waals surface area contributed by atoms with E-state index >= 15 is 0 Å². The Morgan fingerprint density at radius 1 is 1.20 bits per heavy atom. The molecule has 1 atom stereocenters. The van der Waals surface area contributed by atoms with Crippen LogP contribution >= 0.6 is 0 Å². The number of ether oxygens (including phenoxy) is 1. The summed E-state index contributed by atoms with van der Waals surface area (Å²) in [5.41, 5.74) is 0. The van der Waals surface area contributed by atoms with Crippen LogP contribution in [0.15, 0.2) is 0 Å². The molecule has 0 saturated carbocycles. The first kappa shape index (κ1) is 13.0. The Kier molecular flexibility index (Phi) is 7.03. The molecule has 0 aromatic heterocycles. The molecule has 0 aromatic carbocycles. The van der Waals surface area contributed by atoms with E-state index in [1.807, 2.05) is 0 Å². The Morgan fingerprint density at radius 2 is 2.00 bits per heavy atom. The minimum Gasteiger partial charge on any atom is -0.381 e. The number of unbranched alkanes of at least 4 members (excludes halogenated alkanes) is 1. The van der Waals surface area contributed by atoms with Crippen molar-refractivity contribution in [1.29, 1.82) is 0 Å². The lowest BCUT2D eigenvalue weighted by molar-refractivity contribution is 0.102. The van der Waals surface area contributed by atoms with Gasteiger partial charge in [0, 0.05) is 25.8 Å². The second-order valence-electron chi connectivity index (χ2n) is 4.70. The van der Waals surface area contributed by atoms with Crippen LogP contribution in [0, 0.1) is 0 Å². The molecule has 1 aliphatic heterocycles. The quantitative estimate of drug-likeness (QED) is 0.603. The third kappa shape index (κ3) is 5.53. The molecular weight excluding hydrogens is 186 g/mol. The Morgan fingerprint density at radius 3 is 2.73 bits per heavy atom. The van der Waals surface area contributed by atoms with Crippen molar-refractivity contribution in [3.05, 3.63) is 0 Å². The zero-order chi connectivity index (χ0) is 10.9. The lowest BCUT2D eigenvalue weighted by Gasteiger charge is -2.33. The first-order valence-electron chi connectivity index (χ1n) is 6.66. The molecule has 90 valence electrons. The minimum atomic E-state index is 0.800. The second kappa shape index (κ2) is 8.12. The minimum absolute atomic E-state index is 0.800. The normalized spacial score (nSPS) is 23.2. The van der Waals surface area contributed by atoms with Gasteiger partial charge in [0.25, 0.3) is 0 Å². The van der Waals surface area contributed by atoms with Crippen molar-refractivity contribution < 1.29 is 4.74 Å². The topological polar surface area (TPSA) is 12.5 Å². The lowest BCUT2D eigenvalue weighted by atomic mass is 10.0. The van der Waals surface area contributed by atoms with Crippen molar-refractivity contribution in [1.82, 2.24) is 4.90 Å². The second-order valence-corrected chi connectivity index (χ2v) is 4.70. The zero-order valence-electron chi connectivity index (χ0n) is 10.5. The van der Waals surface area contributed by atoms with Gasteiger partial charge in [0.2, 0.25) is 0 Å². The molecule has 0 amide bonds. The third-order valence-electron chi connectivity index (χ3n) is 3.32. The summed E-state index contributed by atoms with van der Waals surface area (Å²) >= 11 is 0. The van der Waals surface area contributed by atoms with Crippen molar-refractivity contribution in [3.63, 3.8) is 0 Å². The van der Waals surface area contributed by atoms with Gasteiger partial charge in [0.1, 0.15) is 0 Å². The van der Waals surface area contributed by atoms with Gasteiger partial charge in [-0.2, -0.15) is 0 Å². The van der Waals surface area contributed by atoms with Crippen LogP contribution in [0.3, 0.4) is 0 Å². The number of nitrogens with zero attached hydrogens (tertiary/aromatic N) is 1. The predicted molar refractivity (Wildman–Crippen MR) is 65.2 cm³/mol. The summed E-state index contributed by atoms with van der Waals surface area (Å²) in [4.78, 5) is 2.62.